The highest BCUT2D eigenvalue weighted by atomic mass is 16.3. The smallest absolute Gasteiger partial charge is 0.159 e. The number of allylic oxidation sites excluding steroid dienone is 2. The normalized spacial score (nSPS) is 24.6. The van der Waals surface area contributed by atoms with Crippen LogP contribution in [0, 0.1) is 11.8 Å². The standard InChI is InChI=1S/C7H6O2/c8-6-3-1-2-4-7(9)5-6/h1,3,7,9H,5H2. The van der Waals surface area contributed by atoms with Crippen LogP contribution in [-0.2, 0) is 4.79 Å². The lowest BCUT2D eigenvalue weighted by atomic mass is 10.2. The van der Waals surface area contributed by atoms with Crippen molar-refractivity contribution in [3.05, 3.63) is 12.2 Å². The van der Waals surface area contributed by atoms with Crippen LogP contribution >= 0.6 is 0 Å². The highest BCUT2D eigenvalue weighted by molar-refractivity contribution is 5.91. The lowest BCUT2D eigenvalue weighted by Crippen LogP contribution is -2.07. The average Bonchev–Trinajstić information content (AvgIpc) is 1.93. The maximum Gasteiger partial charge on any atom is 0.159 e. The summed E-state index contributed by atoms with van der Waals surface area (Å²) in [6.45, 7) is 0. The Morgan fingerprint density at radius 2 is 2.56 bits per heavy atom. The van der Waals surface area contributed by atoms with E-state index >= 15 is 0 Å². The molecule has 1 aliphatic rings. The number of aliphatic hydroxyl groups excluding tert-OH is 1. The molecule has 0 aliphatic heterocycles. The summed E-state index contributed by atoms with van der Waals surface area (Å²) in [7, 11) is 0. The summed E-state index contributed by atoms with van der Waals surface area (Å²) in [5.41, 5.74) is 0. The first-order valence-electron chi connectivity index (χ1n) is 2.67. The number of rotatable bonds is 0. The van der Waals surface area contributed by atoms with Crippen molar-refractivity contribution in [2.75, 3.05) is 0 Å². The molecule has 0 saturated heterocycles. The molecule has 9 heavy (non-hydrogen) atoms. The van der Waals surface area contributed by atoms with Gasteiger partial charge in [0.2, 0.25) is 0 Å². The Kier molecular flexibility index (Phi) is 1.66. The molecule has 0 fully saturated rings. The molecule has 0 radical (unpaired) electrons. The average molecular weight is 122 g/mol. The Morgan fingerprint density at radius 3 is 3.33 bits per heavy atom. The summed E-state index contributed by atoms with van der Waals surface area (Å²) in [6, 6.07) is 0. The van der Waals surface area contributed by atoms with Crippen LogP contribution in [0.2, 0.25) is 0 Å². The van der Waals surface area contributed by atoms with Gasteiger partial charge in [-0.2, -0.15) is 0 Å². The minimum atomic E-state index is -0.771. The molecule has 2 nitrogen and oxygen atoms in total. The third kappa shape index (κ3) is 1.71. The maximum atomic E-state index is 10.6. The molecule has 0 saturated carbocycles. The summed E-state index contributed by atoms with van der Waals surface area (Å²) >= 11 is 0. The minimum absolute atomic E-state index is 0.0833. The number of aliphatic hydroxyl groups is 1. The van der Waals surface area contributed by atoms with E-state index in [-0.39, 0.29) is 12.2 Å². The van der Waals surface area contributed by atoms with Gasteiger partial charge in [0.05, 0.1) is 0 Å². The van der Waals surface area contributed by atoms with Gasteiger partial charge in [-0.25, -0.2) is 0 Å². The van der Waals surface area contributed by atoms with Crippen molar-refractivity contribution >= 4 is 5.78 Å². The van der Waals surface area contributed by atoms with E-state index in [0.717, 1.165) is 0 Å². The molecule has 1 rings (SSSR count). The predicted molar refractivity (Wildman–Crippen MR) is 32.5 cm³/mol. The van der Waals surface area contributed by atoms with Gasteiger partial charge in [-0.15, -0.1) is 0 Å². The molecule has 0 bridgehead atoms. The van der Waals surface area contributed by atoms with Gasteiger partial charge in [-0.1, -0.05) is 11.8 Å². The molecule has 0 heterocycles. The van der Waals surface area contributed by atoms with E-state index in [1.807, 2.05) is 0 Å². The van der Waals surface area contributed by atoms with Crippen molar-refractivity contribution in [1.82, 2.24) is 0 Å². The fourth-order valence-electron chi connectivity index (χ4n) is 0.589. The van der Waals surface area contributed by atoms with Crippen molar-refractivity contribution in [2.45, 2.75) is 12.5 Å². The summed E-state index contributed by atoms with van der Waals surface area (Å²) in [6.07, 6.45) is 2.19. The van der Waals surface area contributed by atoms with Crippen LogP contribution in [0.5, 0.6) is 0 Å². The predicted octanol–water partition coefficient (Wildman–Crippen LogP) is -0.120. The van der Waals surface area contributed by atoms with E-state index in [9.17, 15) is 4.79 Å². The third-order valence-corrected chi connectivity index (χ3v) is 0.997. The molecule has 1 aliphatic carbocycles. The number of ketones is 1. The van der Waals surface area contributed by atoms with Gasteiger partial charge in [-0.3, -0.25) is 4.79 Å². The number of hydrogen-bond acceptors (Lipinski definition) is 2. The van der Waals surface area contributed by atoms with Gasteiger partial charge in [-0.05, 0) is 12.2 Å². The van der Waals surface area contributed by atoms with Gasteiger partial charge in [0.25, 0.3) is 0 Å². The first-order chi connectivity index (χ1) is 4.29. The van der Waals surface area contributed by atoms with Gasteiger partial charge < -0.3 is 5.11 Å². The largest absolute Gasteiger partial charge is 0.380 e. The molecule has 1 atom stereocenters. The van der Waals surface area contributed by atoms with Crippen LogP contribution in [0.3, 0.4) is 0 Å². The molecule has 0 spiro atoms. The Bertz CT molecular complexity index is 205. The second kappa shape index (κ2) is 2.47. The first kappa shape index (κ1) is 6.06. The van der Waals surface area contributed by atoms with Crippen molar-refractivity contribution in [1.29, 1.82) is 0 Å². The summed E-state index contributed by atoms with van der Waals surface area (Å²) < 4.78 is 0. The quantitative estimate of drug-likeness (QED) is 0.455. The number of carbonyl (C=O) groups is 1. The second-order valence-corrected chi connectivity index (χ2v) is 1.81. The molecule has 2 heteroatoms. The highest BCUT2D eigenvalue weighted by Crippen LogP contribution is 1.95. The third-order valence-electron chi connectivity index (χ3n) is 0.997. The lowest BCUT2D eigenvalue weighted by molar-refractivity contribution is -0.115. The lowest BCUT2D eigenvalue weighted by Gasteiger charge is -1.94. The Balaban J connectivity index is 2.72. The fraction of sp³-hybridized carbons (Fsp3) is 0.286. The molecule has 0 amide bonds. The minimum Gasteiger partial charge on any atom is -0.380 e. The molecule has 1 unspecified atom stereocenters. The van der Waals surface area contributed by atoms with E-state index in [2.05, 4.69) is 11.8 Å². The van der Waals surface area contributed by atoms with E-state index in [0.29, 0.717) is 0 Å². The first-order valence-corrected chi connectivity index (χ1v) is 2.67. The van der Waals surface area contributed by atoms with Crippen LogP contribution in [0.4, 0.5) is 0 Å². The van der Waals surface area contributed by atoms with Gasteiger partial charge in [0.1, 0.15) is 6.10 Å². The van der Waals surface area contributed by atoms with Crippen LogP contribution < -0.4 is 0 Å². The van der Waals surface area contributed by atoms with Crippen molar-refractivity contribution in [2.24, 2.45) is 0 Å². The number of carbonyl (C=O) groups excluding carboxylic acids is 1. The fourth-order valence-corrected chi connectivity index (χ4v) is 0.589. The second-order valence-electron chi connectivity index (χ2n) is 1.81. The van der Waals surface area contributed by atoms with Crippen LogP contribution in [0.25, 0.3) is 0 Å². The van der Waals surface area contributed by atoms with Crippen LogP contribution in [0.15, 0.2) is 12.2 Å². The topological polar surface area (TPSA) is 37.3 Å². The Labute approximate surface area is 53.2 Å². The van der Waals surface area contributed by atoms with Gasteiger partial charge >= 0.3 is 0 Å². The molecule has 0 aromatic heterocycles. The zero-order valence-electron chi connectivity index (χ0n) is 4.79. The van der Waals surface area contributed by atoms with E-state index in [1.54, 1.807) is 0 Å². The molecule has 1 N–H and O–H groups in total. The summed E-state index contributed by atoms with van der Waals surface area (Å²) in [5, 5.41) is 8.83. The van der Waals surface area contributed by atoms with Crippen LogP contribution in [0.1, 0.15) is 6.42 Å². The van der Waals surface area contributed by atoms with Gasteiger partial charge in [0.15, 0.2) is 5.78 Å². The molecule has 46 valence electrons. The van der Waals surface area contributed by atoms with E-state index < -0.39 is 6.10 Å². The molecule has 0 aromatic rings. The van der Waals surface area contributed by atoms with E-state index in [1.165, 1.54) is 12.2 Å². The van der Waals surface area contributed by atoms with Gasteiger partial charge in [0, 0.05) is 6.42 Å². The zero-order chi connectivity index (χ0) is 6.69. The number of hydrogen-bond donors (Lipinski definition) is 1. The highest BCUT2D eigenvalue weighted by Gasteiger charge is 2.05. The Morgan fingerprint density at radius 1 is 1.78 bits per heavy atom. The van der Waals surface area contributed by atoms with E-state index in [4.69, 9.17) is 5.11 Å². The molecular weight excluding hydrogens is 116 g/mol. The monoisotopic (exact) mass is 122 g/mol. The summed E-state index contributed by atoms with van der Waals surface area (Å²) in [5.74, 6) is 4.92. The maximum absolute atomic E-state index is 10.6. The van der Waals surface area contributed by atoms with Crippen molar-refractivity contribution in [3.63, 3.8) is 0 Å². The van der Waals surface area contributed by atoms with Crippen LogP contribution in [-0.4, -0.2) is 17.0 Å². The SMILES string of the molecule is O=C1C=CC#CC(O)C1. The Hall–Kier alpha value is -1.07. The summed E-state index contributed by atoms with van der Waals surface area (Å²) in [4.78, 5) is 10.6. The molecular formula is C7H6O2. The zero-order valence-corrected chi connectivity index (χ0v) is 4.79. The van der Waals surface area contributed by atoms with Crippen molar-refractivity contribution in [3.8, 4) is 11.8 Å². The van der Waals surface area contributed by atoms with Crippen molar-refractivity contribution < 1.29 is 9.90 Å². The molecule has 0 aromatic carbocycles.